The second-order valence-corrected chi connectivity index (χ2v) is 7.81. The van der Waals surface area contributed by atoms with Gasteiger partial charge in [0, 0.05) is 23.3 Å². The summed E-state index contributed by atoms with van der Waals surface area (Å²) in [5, 5.41) is 0. The molecule has 1 heterocycles. The van der Waals surface area contributed by atoms with Gasteiger partial charge in [0.25, 0.3) is 0 Å². The fourth-order valence-electron chi connectivity index (χ4n) is 3.29. The Morgan fingerprint density at radius 3 is 1.62 bits per heavy atom. The number of rotatable bonds is 12. The van der Waals surface area contributed by atoms with Crippen LogP contribution in [0.2, 0.25) is 0 Å². The molecule has 1 rings (SSSR count). The van der Waals surface area contributed by atoms with Crippen molar-refractivity contribution in [3.05, 3.63) is 0 Å². The summed E-state index contributed by atoms with van der Waals surface area (Å²) in [5.74, 6) is 3.56. The average Bonchev–Trinajstić information content (AvgIpc) is 2.50. The second kappa shape index (κ2) is 12.6. The molecule has 0 saturated carbocycles. The summed E-state index contributed by atoms with van der Waals surface area (Å²) in [7, 11) is 0. The quantitative estimate of drug-likeness (QED) is 0.396. The average molecular weight is 313 g/mol. The van der Waals surface area contributed by atoms with Crippen molar-refractivity contribution < 1.29 is 4.79 Å². The lowest BCUT2D eigenvalue weighted by atomic mass is 9.87. The first-order valence-electron chi connectivity index (χ1n) is 9.41. The van der Waals surface area contributed by atoms with Crippen LogP contribution in [0, 0.1) is 11.8 Å². The lowest BCUT2D eigenvalue weighted by Gasteiger charge is -2.27. The first-order chi connectivity index (χ1) is 10.3. The summed E-state index contributed by atoms with van der Waals surface area (Å²) in [6, 6.07) is 0. The molecule has 1 saturated heterocycles. The van der Waals surface area contributed by atoms with E-state index in [-0.39, 0.29) is 0 Å². The van der Waals surface area contributed by atoms with Crippen molar-refractivity contribution in [3.63, 3.8) is 0 Å². The summed E-state index contributed by atoms with van der Waals surface area (Å²) >= 11 is 2.03. The van der Waals surface area contributed by atoms with Crippen LogP contribution >= 0.6 is 11.8 Å². The Labute approximate surface area is 137 Å². The third kappa shape index (κ3) is 8.28. The SMILES string of the molecule is CCCCCCCC1CSCC(CCCCCCC)C1=O. The third-order valence-corrected chi connectivity index (χ3v) is 6.03. The number of unbranched alkanes of at least 4 members (excludes halogenated alkanes) is 8. The lowest BCUT2D eigenvalue weighted by molar-refractivity contribution is -0.126. The molecule has 0 radical (unpaired) electrons. The molecular weight excluding hydrogens is 276 g/mol. The van der Waals surface area contributed by atoms with Crippen molar-refractivity contribution in [3.8, 4) is 0 Å². The van der Waals surface area contributed by atoms with Gasteiger partial charge in [-0.2, -0.15) is 11.8 Å². The van der Waals surface area contributed by atoms with Crippen LogP contribution in [0.3, 0.4) is 0 Å². The molecule has 21 heavy (non-hydrogen) atoms. The van der Waals surface area contributed by atoms with E-state index in [1.807, 2.05) is 11.8 Å². The van der Waals surface area contributed by atoms with E-state index in [1.54, 1.807) is 0 Å². The van der Waals surface area contributed by atoms with Crippen LogP contribution in [-0.2, 0) is 4.79 Å². The Hall–Kier alpha value is 0.0200. The number of carbonyl (C=O) groups excluding carboxylic acids is 1. The fourth-order valence-corrected chi connectivity index (χ4v) is 4.66. The zero-order valence-corrected chi connectivity index (χ0v) is 15.2. The van der Waals surface area contributed by atoms with Crippen LogP contribution in [0.1, 0.15) is 90.9 Å². The van der Waals surface area contributed by atoms with E-state index in [4.69, 9.17) is 0 Å². The Bertz CT molecular complexity index is 240. The van der Waals surface area contributed by atoms with Crippen LogP contribution in [-0.4, -0.2) is 17.3 Å². The molecule has 0 bridgehead atoms. The van der Waals surface area contributed by atoms with Crippen LogP contribution in [0.25, 0.3) is 0 Å². The zero-order chi connectivity index (χ0) is 15.3. The highest BCUT2D eigenvalue weighted by Crippen LogP contribution is 2.31. The molecule has 1 aliphatic heterocycles. The van der Waals surface area contributed by atoms with Crippen LogP contribution in [0.5, 0.6) is 0 Å². The predicted molar refractivity (Wildman–Crippen MR) is 96.1 cm³/mol. The predicted octanol–water partition coefficient (Wildman–Crippen LogP) is 6.26. The van der Waals surface area contributed by atoms with Crippen molar-refractivity contribution >= 4 is 17.5 Å². The highest BCUT2D eigenvalue weighted by atomic mass is 32.2. The van der Waals surface area contributed by atoms with E-state index in [2.05, 4.69) is 13.8 Å². The van der Waals surface area contributed by atoms with Gasteiger partial charge in [0.15, 0.2) is 0 Å². The highest BCUT2D eigenvalue weighted by Gasteiger charge is 2.30. The monoisotopic (exact) mass is 312 g/mol. The second-order valence-electron chi connectivity index (χ2n) is 6.74. The van der Waals surface area contributed by atoms with Gasteiger partial charge in [0.05, 0.1) is 0 Å². The van der Waals surface area contributed by atoms with E-state index in [0.29, 0.717) is 17.6 Å². The van der Waals surface area contributed by atoms with Gasteiger partial charge in [0.2, 0.25) is 0 Å². The van der Waals surface area contributed by atoms with Gasteiger partial charge in [-0.15, -0.1) is 0 Å². The van der Waals surface area contributed by atoms with Gasteiger partial charge in [-0.25, -0.2) is 0 Å². The Kier molecular flexibility index (Phi) is 11.4. The molecule has 2 heteroatoms. The van der Waals surface area contributed by atoms with E-state index in [0.717, 1.165) is 24.3 Å². The summed E-state index contributed by atoms with van der Waals surface area (Å²) in [5.41, 5.74) is 0. The number of carbonyl (C=O) groups is 1. The van der Waals surface area contributed by atoms with Crippen molar-refractivity contribution in [2.75, 3.05) is 11.5 Å². The first kappa shape index (κ1) is 19.1. The molecule has 1 nitrogen and oxygen atoms in total. The molecule has 0 N–H and O–H groups in total. The van der Waals surface area contributed by atoms with Gasteiger partial charge < -0.3 is 0 Å². The lowest BCUT2D eigenvalue weighted by Crippen LogP contribution is -2.31. The van der Waals surface area contributed by atoms with E-state index >= 15 is 0 Å². The largest absolute Gasteiger partial charge is 0.299 e. The number of hydrogen-bond acceptors (Lipinski definition) is 2. The van der Waals surface area contributed by atoms with E-state index in [1.165, 1.54) is 64.2 Å². The van der Waals surface area contributed by atoms with Crippen LogP contribution < -0.4 is 0 Å². The maximum absolute atomic E-state index is 12.6. The summed E-state index contributed by atoms with van der Waals surface area (Å²) in [6.07, 6.45) is 15.5. The number of hydrogen-bond donors (Lipinski definition) is 0. The normalized spacial score (nSPS) is 22.7. The van der Waals surface area contributed by atoms with Crippen molar-refractivity contribution in [2.24, 2.45) is 11.8 Å². The zero-order valence-electron chi connectivity index (χ0n) is 14.4. The van der Waals surface area contributed by atoms with Gasteiger partial charge in [0.1, 0.15) is 5.78 Å². The molecule has 0 aromatic heterocycles. The Morgan fingerprint density at radius 1 is 0.762 bits per heavy atom. The molecule has 1 aliphatic rings. The van der Waals surface area contributed by atoms with Crippen molar-refractivity contribution in [1.29, 1.82) is 0 Å². The molecule has 2 atom stereocenters. The molecule has 124 valence electrons. The minimum Gasteiger partial charge on any atom is -0.299 e. The van der Waals surface area contributed by atoms with Gasteiger partial charge >= 0.3 is 0 Å². The van der Waals surface area contributed by atoms with Crippen molar-refractivity contribution in [1.82, 2.24) is 0 Å². The number of thioether (sulfide) groups is 1. The molecule has 0 aromatic rings. The standard InChI is InChI=1S/C19H36OS/c1-3-5-7-9-11-13-17-15-21-16-18(19(17)20)14-12-10-8-6-4-2/h17-18H,3-16H2,1-2H3. The van der Waals surface area contributed by atoms with Gasteiger partial charge in [-0.3, -0.25) is 4.79 Å². The third-order valence-electron chi connectivity index (χ3n) is 4.76. The summed E-state index contributed by atoms with van der Waals surface area (Å²) in [4.78, 5) is 12.6. The molecule has 0 spiro atoms. The molecule has 0 aliphatic carbocycles. The van der Waals surface area contributed by atoms with Gasteiger partial charge in [-0.1, -0.05) is 78.1 Å². The number of ketones is 1. The Morgan fingerprint density at radius 2 is 1.19 bits per heavy atom. The smallest absolute Gasteiger partial charge is 0.140 e. The van der Waals surface area contributed by atoms with E-state index < -0.39 is 0 Å². The molecule has 0 aromatic carbocycles. The van der Waals surface area contributed by atoms with Crippen molar-refractivity contribution in [2.45, 2.75) is 90.9 Å². The van der Waals surface area contributed by atoms with Gasteiger partial charge in [-0.05, 0) is 12.8 Å². The fraction of sp³-hybridized carbons (Fsp3) is 0.947. The minimum atomic E-state index is 0.381. The summed E-state index contributed by atoms with van der Waals surface area (Å²) in [6.45, 7) is 4.51. The van der Waals surface area contributed by atoms with Crippen LogP contribution in [0.15, 0.2) is 0 Å². The summed E-state index contributed by atoms with van der Waals surface area (Å²) < 4.78 is 0. The van der Waals surface area contributed by atoms with Crippen LogP contribution in [0.4, 0.5) is 0 Å². The minimum absolute atomic E-state index is 0.381. The maximum Gasteiger partial charge on any atom is 0.140 e. The van der Waals surface area contributed by atoms with E-state index in [9.17, 15) is 4.79 Å². The first-order valence-corrected chi connectivity index (χ1v) is 10.6. The molecular formula is C19H36OS. The topological polar surface area (TPSA) is 17.1 Å². The number of Topliss-reactive ketones (excluding diaryl/α,β-unsaturated/α-hetero) is 1. The molecule has 2 unspecified atom stereocenters. The molecule has 1 fully saturated rings. The highest BCUT2D eigenvalue weighted by molar-refractivity contribution is 7.99. The maximum atomic E-state index is 12.6. The molecule has 0 amide bonds. The Balaban J connectivity index is 2.16.